The van der Waals surface area contributed by atoms with Gasteiger partial charge in [-0.2, -0.15) is 0 Å². The van der Waals surface area contributed by atoms with Crippen molar-refractivity contribution in [1.82, 2.24) is 4.90 Å². The number of likely N-dealkylation sites (tertiary alicyclic amines) is 1. The zero-order valence-electron chi connectivity index (χ0n) is 15.6. The van der Waals surface area contributed by atoms with Gasteiger partial charge in [-0.15, -0.1) is 0 Å². The van der Waals surface area contributed by atoms with Crippen molar-refractivity contribution < 1.29 is 19.2 Å². The predicted molar refractivity (Wildman–Crippen MR) is 98.9 cm³/mol. The molecule has 4 rings (SSSR count). The highest BCUT2D eigenvalue weighted by Crippen LogP contribution is 2.47. The average molecular weight is 369 g/mol. The number of rotatable bonds is 2. The Morgan fingerprint density at radius 2 is 1.78 bits per heavy atom. The van der Waals surface area contributed by atoms with Gasteiger partial charge in [0.2, 0.25) is 23.6 Å². The molecule has 27 heavy (non-hydrogen) atoms. The Kier molecular flexibility index (Phi) is 3.87. The first-order chi connectivity index (χ1) is 12.8. The van der Waals surface area contributed by atoms with E-state index in [9.17, 15) is 19.2 Å². The summed E-state index contributed by atoms with van der Waals surface area (Å²) in [5, 5.41) is 2.81. The second-order valence-electron chi connectivity index (χ2n) is 8.21. The topological polar surface area (TPSA) is 86.8 Å². The normalized spacial score (nSPS) is 23.0. The standard InChI is InChI=1S/C20H23N3O4/c1-19(2)17(26)21-13-7-3-4-8-14(13)23(19)16(25)12-22-15(24)11-20(18(22)27)9-5-6-10-20/h3-4,7-8H,5-6,9-12H2,1-2H3,(H,21,26). The summed E-state index contributed by atoms with van der Waals surface area (Å²) in [7, 11) is 0. The molecule has 0 atom stereocenters. The highest BCUT2D eigenvalue weighted by Gasteiger charge is 2.54. The smallest absolute Gasteiger partial charge is 0.250 e. The number of carbonyl (C=O) groups excluding carboxylic acids is 4. The van der Waals surface area contributed by atoms with E-state index in [0.717, 1.165) is 17.7 Å². The van der Waals surface area contributed by atoms with E-state index < -0.39 is 16.9 Å². The highest BCUT2D eigenvalue weighted by molar-refractivity contribution is 6.16. The zero-order chi connectivity index (χ0) is 19.4. The summed E-state index contributed by atoms with van der Waals surface area (Å²) in [5.41, 5.74) is -0.616. The van der Waals surface area contributed by atoms with Crippen molar-refractivity contribution in [3.63, 3.8) is 0 Å². The number of carbonyl (C=O) groups is 4. The van der Waals surface area contributed by atoms with Crippen LogP contribution in [-0.4, -0.2) is 40.6 Å². The Balaban J connectivity index is 1.64. The lowest BCUT2D eigenvalue weighted by molar-refractivity contribution is -0.144. The molecule has 7 heteroatoms. The van der Waals surface area contributed by atoms with Crippen molar-refractivity contribution in [2.45, 2.75) is 51.5 Å². The molecule has 0 bridgehead atoms. The Hall–Kier alpha value is -2.70. The molecule has 2 fully saturated rings. The van der Waals surface area contributed by atoms with Crippen LogP contribution in [0.4, 0.5) is 11.4 Å². The van der Waals surface area contributed by atoms with Gasteiger partial charge in [-0.1, -0.05) is 25.0 Å². The number of para-hydroxylation sites is 2. The third-order valence-electron chi connectivity index (χ3n) is 6.10. The van der Waals surface area contributed by atoms with Crippen molar-refractivity contribution in [2.75, 3.05) is 16.8 Å². The number of hydrogen-bond donors (Lipinski definition) is 1. The van der Waals surface area contributed by atoms with E-state index in [4.69, 9.17) is 0 Å². The third-order valence-corrected chi connectivity index (χ3v) is 6.10. The first kappa shape index (κ1) is 17.7. The molecule has 1 saturated heterocycles. The Labute approximate surface area is 157 Å². The van der Waals surface area contributed by atoms with E-state index in [1.165, 1.54) is 4.90 Å². The minimum absolute atomic E-state index is 0.194. The molecule has 0 radical (unpaired) electrons. The van der Waals surface area contributed by atoms with Gasteiger partial charge in [0.1, 0.15) is 12.1 Å². The Bertz CT molecular complexity index is 855. The van der Waals surface area contributed by atoms with Gasteiger partial charge < -0.3 is 5.32 Å². The van der Waals surface area contributed by atoms with Crippen LogP contribution in [0, 0.1) is 5.41 Å². The van der Waals surface area contributed by atoms with Crippen LogP contribution in [0.25, 0.3) is 0 Å². The molecule has 1 spiro atoms. The number of amides is 4. The summed E-state index contributed by atoms with van der Waals surface area (Å²) >= 11 is 0. The number of nitrogens with one attached hydrogen (secondary N) is 1. The van der Waals surface area contributed by atoms with Crippen LogP contribution in [0.15, 0.2) is 24.3 Å². The van der Waals surface area contributed by atoms with Gasteiger partial charge in [0.15, 0.2) is 0 Å². The number of fused-ring (bicyclic) bond motifs is 1. The lowest BCUT2D eigenvalue weighted by Gasteiger charge is -2.42. The number of hydrogen-bond acceptors (Lipinski definition) is 4. The largest absolute Gasteiger partial charge is 0.322 e. The Morgan fingerprint density at radius 3 is 2.48 bits per heavy atom. The fraction of sp³-hybridized carbons (Fsp3) is 0.500. The molecule has 1 aromatic rings. The average Bonchev–Trinajstić information content (AvgIpc) is 3.17. The first-order valence-electron chi connectivity index (χ1n) is 9.35. The molecule has 2 aliphatic heterocycles. The van der Waals surface area contributed by atoms with Crippen LogP contribution >= 0.6 is 0 Å². The summed E-state index contributed by atoms with van der Waals surface area (Å²) in [6.45, 7) is 2.98. The molecule has 0 unspecified atom stereocenters. The van der Waals surface area contributed by atoms with Crippen LogP contribution < -0.4 is 10.2 Å². The second-order valence-corrected chi connectivity index (χ2v) is 8.21. The minimum Gasteiger partial charge on any atom is -0.322 e. The van der Waals surface area contributed by atoms with E-state index in [1.807, 2.05) is 0 Å². The SMILES string of the molecule is CC1(C)C(=O)Nc2ccccc2N1C(=O)CN1C(=O)CC2(CCCC2)C1=O. The number of benzene rings is 1. The van der Waals surface area contributed by atoms with E-state index in [-0.39, 0.29) is 30.7 Å². The first-order valence-corrected chi connectivity index (χ1v) is 9.35. The van der Waals surface area contributed by atoms with Gasteiger partial charge in [0.25, 0.3) is 0 Å². The second kappa shape index (κ2) is 5.90. The predicted octanol–water partition coefficient (Wildman–Crippen LogP) is 2.07. The van der Waals surface area contributed by atoms with Crippen molar-refractivity contribution in [3.05, 3.63) is 24.3 Å². The van der Waals surface area contributed by atoms with Crippen LogP contribution in [0.3, 0.4) is 0 Å². The lowest BCUT2D eigenvalue weighted by Crippen LogP contribution is -2.60. The summed E-state index contributed by atoms with van der Waals surface area (Å²) < 4.78 is 0. The van der Waals surface area contributed by atoms with Crippen molar-refractivity contribution in [1.29, 1.82) is 0 Å². The van der Waals surface area contributed by atoms with Crippen molar-refractivity contribution in [3.8, 4) is 0 Å². The molecular formula is C20H23N3O4. The zero-order valence-corrected chi connectivity index (χ0v) is 15.6. The quantitative estimate of drug-likeness (QED) is 0.809. The van der Waals surface area contributed by atoms with Crippen LogP contribution in [0.2, 0.25) is 0 Å². The van der Waals surface area contributed by atoms with Gasteiger partial charge in [0.05, 0.1) is 16.8 Å². The molecule has 1 aliphatic carbocycles. The maximum absolute atomic E-state index is 13.2. The monoisotopic (exact) mass is 369 g/mol. The molecule has 1 saturated carbocycles. The molecular weight excluding hydrogens is 346 g/mol. The summed E-state index contributed by atoms with van der Waals surface area (Å²) in [6.07, 6.45) is 3.49. The van der Waals surface area contributed by atoms with Gasteiger partial charge in [-0.3, -0.25) is 29.0 Å². The van der Waals surface area contributed by atoms with E-state index in [1.54, 1.807) is 38.1 Å². The lowest BCUT2D eigenvalue weighted by atomic mass is 9.84. The van der Waals surface area contributed by atoms with E-state index >= 15 is 0 Å². The summed E-state index contributed by atoms with van der Waals surface area (Å²) in [5.74, 6) is -1.26. The van der Waals surface area contributed by atoms with Gasteiger partial charge >= 0.3 is 0 Å². The van der Waals surface area contributed by atoms with Crippen LogP contribution in [0.5, 0.6) is 0 Å². The van der Waals surface area contributed by atoms with Crippen LogP contribution in [0.1, 0.15) is 46.0 Å². The molecule has 142 valence electrons. The molecule has 0 aromatic heterocycles. The molecule has 1 aromatic carbocycles. The van der Waals surface area contributed by atoms with Crippen molar-refractivity contribution in [2.24, 2.45) is 5.41 Å². The number of nitrogens with zero attached hydrogens (tertiary/aromatic N) is 2. The molecule has 4 amide bonds. The number of anilines is 2. The number of imide groups is 1. The molecule has 2 heterocycles. The maximum atomic E-state index is 13.2. The van der Waals surface area contributed by atoms with Gasteiger partial charge in [-0.05, 0) is 38.8 Å². The maximum Gasteiger partial charge on any atom is 0.250 e. The minimum atomic E-state index is -1.12. The van der Waals surface area contributed by atoms with Crippen LogP contribution in [-0.2, 0) is 19.2 Å². The highest BCUT2D eigenvalue weighted by atomic mass is 16.2. The fourth-order valence-electron chi connectivity index (χ4n) is 4.57. The third kappa shape index (κ3) is 2.56. The van der Waals surface area contributed by atoms with Gasteiger partial charge in [-0.25, -0.2) is 0 Å². The summed E-state index contributed by atoms with van der Waals surface area (Å²) in [6, 6.07) is 7.03. The molecule has 1 N–H and O–H groups in total. The van der Waals surface area contributed by atoms with E-state index in [2.05, 4.69) is 5.32 Å². The fourth-order valence-corrected chi connectivity index (χ4v) is 4.57. The van der Waals surface area contributed by atoms with E-state index in [0.29, 0.717) is 24.2 Å². The van der Waals surface area contributed by atoms with Crippen molar-refractivity contribution >= 4 is 35.0 Å². The Morgan fingerprint density at radius 1 is 1.11 bits per heavy atom. The summed E-state index contributed by atoms with van der Waals surface area (Å²) in [4.78, 5) is 53.6. The molecule has 3 aliphatic rings. The molecule has 7 nitrogen and oxygen atoms in total. The van der Waals surface area contributed by atoms with Gasteiger partial charge in [0, 0.05) is 6.42 Å².